The third-order valence-electron chi connectivity index (χ3n) is 2.54. The average Bonchev–Trinajstić information content (AvgIpc) is 2.08. The van der Waals surface area contributed by atoms with Gasteiger partial charge in [-0.25, -0.2) is 0 Å². The average molecular weight is 245 g/mol. The summed E-state index contributed by atoms with van der Waals surface area (Å²) in [7, 11) is 7.79. The molecule has 0 N–H and O–H groups in total. The van der Waals surface area contributed by atoms with Crippen LogP contribution in [0, 0.1) is 0 Å². The van der Waals surface area contributed by atoms with Gasteiger partial charge in [0.15, 0.2) is 0 Å². The third-order valence-corrected chi connectivity index (χ3v) is 4.03. The summed E-state index contributed by atoms with van der Waals surface area (Å²) in [4.78, 5) is 7.14. The molecule has 0 aromatic carbocycles. The standard InChI is InChI=1S/C12H31N3Si/c1-13(2)8-9-14(3)10-11-15(4)12-16(5,6)7/h8-12H2,1-7H3. The zero-order chi connectivity index (χ0) is 12.8. The highest BCUT2D eigenvalue weighted by Crippen LogP contribution is 2.02. The largest absolute Gasteiger partial charge is 0.308 e. The lowest BCUT2D eigenvalue weighted by molar-refractivity contribution is 0.249. The molecule has 0 fully saturated rings. The van der Waals surface area contributed by atoms with Gasteiger partial charge in [0.2, 0.25) is 0 Å². The summed E-state index contributed by atoms with van der Waals surface area (Å²) in [6.07, 6.45) is 1.30. The van der Waals surface area contributed by atoms with Gasteiger partial charge in [-0.2, -0.15) is 0 Å². The van der Waals surface area contributed by atoms with Gasteiger partial charge in [-0.15, -0.1) is 0 Å². The summed E-state index contributed by atoms with van der Waals surface area (Å²) in [5.74, 6) is 0. The molecule has 0 aliphatic heterocycles. The highest BCUT2D eigenvalue weighted by atomic mass is 28.3. The van der Waals surface area contributed by atoms with Gasteiger partial charge in [0.25, 0.3) is 0 Å². The van der Waals surface area contributed by atoms with Crippen LogP contribution in [0.1, 0.15) is 0 Å². The predicted molar refractivity (Wildman–Crippen MR) is 76.9 cm³/mol. The van der Waals surface area contributed by atoms with Gasteiger partial charge >= 0.3 is 0 Å². The van der Waals surface area contributed by atoms with Crippen molar-refractivity contribution >= 4 is 8.07 Å². The zero-order valence-corrected chi connectivity index (χ0v) is 13.4. The molecule has 98 valence electrons. The summed E-state index contributed by atoms with van der Waals surface area (Å²) in [5.41, 5.74) is 0. The van der Waals surface area contributed by atoms with E-state index in [-0.39, 0.29) is 0 Å². The van der Waals surface area contributed by atoms with Crippen LogP contribution >= 0.6 is 0 Å². The lowest BCUT2D eigenvalue weighted by atomic mass is 10.4. The SMILES string of the molecule is CN(C)CCN(C)CCN(C)C[Si](C)(C)C. The predicted octanol–water partition coefficient (Wildman–Crippen LogP) is 1.29. The molecule has 0 aromatic rings. The molecule has 0 saturated heterocycles. The van der Waals surface area contributed by atoms with Gasteiger partial charge in [-0.05, 0) is 34.4 Å². The van der Waals surface area contributed by atoms with E-state index >= 15 is 0 Å². The minimum Gasteiger partial charge on any atom is -0.308 e. The summed E-state index contributed by atoms with van der Waals surface area (Å²) >= 11 is 0. The molecule has 0 heterocycles. The topological polar surface area (TPSA) is 9.72 Å². The number of likely N-dealkylation sites (N-methyl/N-ethyl adjacent to an activating group) is 3. The van der Waals surface area contributed by atoms with E-state index in [1.807, 2.05) is 0 Å². The van der Waals surface area contributed by atoms with Crippen LogP contribution in [0.4, 0.5) is 0 Å². The van der Waals surface area contributed by atoms with Crippen LogP contribution in [-0.4, -0.2) is 83.3 Å². The van der Waals surface area contributed by atoms with Gasteiger partial charge in [0.1, 0.15) is 0 Å². The number of hydrogen-bond donors (Lipinski definition) is 0. The smallest absolute Gasteiger partial charge is 0.0599 e. The molecule has 0 radical (unpaired) electrons. The molecule has 0 aromatic heterocycles. The molecule has 0 rings (SSSR count). The van der Waals surface area contributed by atoms with Crippen molar-refractivity contribution in [2.45, 2.75) is 19.6 Å². The van der Waals surface area contributed by atoms with Crippen LogP contribution < -0.4 is 0 Å². The first kappa shape index (κ1) is 16.1. The first-order valence-electron chi connectivity index (χ1n) is 6.22. The molecule has 4 heteroatoms. The Kier molecular flexibility index (Phi) is 7.47. The highest BCUT2D eigenvalue weighted by molar-refractivity contribution is 6.76. The Morgan fingerprint density at radius 2 is 1.12 bits per heavy atom. The molecular weight excluding hydrogens is 214 g/mol. The second kappa shape index (κ2) is 7.43. The fraction of sp³-hybridized carbons (Fsp3) is 1.00. The second-order valence-corrected chi connectivity index (χ2v) is 11.8. The Bertz CT molecular complexity index is 178. The monoisotopic (exact) mass is 245 g/mol. The van der Waals surface area contributed by atoms with Crippen molar-refractivity contribution < 1.29 is 0 Å². The highest BCUT2D eigenvalue weighted by Gasteiger charge is 2.15. The van der Waals surface area contributed by atoms with E-state index in [1.54, 1.807) is 0 Å². The van der Waals surface area contributed by atoms with Gasteiger partial charge in [0, 0.05) is 26.2 Å². The minimum absolute atomic E-state index is 0.930. The third kappa shape index (κ3) is 10.6. The van der Waals surface area contributed by atoms with Crippen molar-refractivity contribution in [2.75, 3.05) is 60.5 Å². The van der Waals surface area contributed by atoms with Gasteiger partial charge in [-0.3, -0.25) is 0 Å². The first-order chi connectivity index (χ1) is 7.20. The Morgan fingerprint density at radius 1 is 0.688 bits per heavy atom. The number of rotatable bonds is 8. The van der Waals surface area contributed by atoms with Crippen molar-refractivity contribution in [2.24, 2.45) is 0 Å². The van der Waals surface area contributed by atoms with E-state index in [1.165, 1.54) is 19.3 Å². The molecule has 0 aliphatic carbocycles. The van der Waals surface area contributed by atoms with Crippen LogP contribution in [0.5, 0.6) is 0 Å². The lowest BCUT2D eigenvalue weighted by Crippen LogP contribution is -2.41. The second-order valence-electron chi connectivity index (χ2n) is 6.40. The normalized spacial score (nSPS) is 13.1. The van der Waals surface area contributed by atoms with Gasteiger partial charge in [-0.1, -0.05) is 19.6 Å². The van der Waals surface area contributed by atoms with Crippen LogP contribution in [-0.2, 0) is 0 Å². The molecule has 0 bridgehead atoms. The van der Waals surface area contributed by atoms with Crippen LogP contribution in [0.25, 0.3) is 0 Å². The molecule has 0 atom stereocenters. The quantitative estimate of drug-likeness (QED) is 0.597. The molecule has 0 aliphatic rings. The summed E-state index contributed by atoms with van der Waals surface area (Å²) < 4.78 is 0. The molecule has 16 heavy (non-hydrogen) atoms. The number of hydrogen-bond acceptors (Lipinski definition) is 3. The Hall–Kier alpha value is 0.0969. The summed E-state index contributed by atoms with van der Waals surface area (Å²) in [6, 6.07) is 0. The van der Waals surface area contributed by atoms with Crippen LogP contribution in [0.2, 0.25) is 19.6 Å². The van der Waals surface area contributed by atoms with Crippen molar-refractivity contribution in [3.8, 4) is 0 Å². The van der Waals surface area contributed by atoms with E-state index in [9.17, 15) is 0 Å². The fourth-order valence-corrected chi connectivity index (χ4v) is 3.49. The van der Waals surface area contributed by atoms with E-state index in [0.29, 0.717) is 0 Å². The van der Waals surface area contributed by atoms with Gasteiger partial charge < -0.3 is 14.7 Å². The van der Waals surface area contributed by atoms with Crippen molar-refractivity contribution in [3.05, 3.63) is 0 Å². The van der Waals surface area contributed by atoms with E-state index in [4.69, 9.17) is 0 Å². The van der Waals surface area contributed by atoms with Crippen molar-refractivity contribution in [3.63, 3.8) is 0 Å². The number of nitrogens with zero attached hydrogens (tertiary/aromatic N) is 3. The Balaban J connectivity index is 3.63. The molecule has 0 saturated carbocycles. The van der Waals surface area contributed by atoms with Crippen LogP contribution in [0.3, 0.4) is 0 Å². The summed E-state index contributed by atoms with van der Waals surface area (Å²) in [5, 5.41) is 0. The molecule has 0 spiro atoms. The van der Waals surface area contributed by atoms with Gasteiger partial charge in [0.05, 0.1) is 8.07 Å². The first-order valence-corrected chi connectivity index (χ1v) is 9.93. The van der Waals surface area contributed by atoms with E-state index in [0.717, 1.165) is 13.1 Å². The van der Waals surface area contributed by atoms with Crippen LogP contribution in [0.15, 0.2) is 0 Å². The summed E-state index contributed by atoms with van der Waals surface area (Å²) in [6.45, 7) is 12.0. The molecule has 3 nitrogen and oxygen atoms in total. The Morgan fingerprint density at radius 3 is 1.56 bits per heavy atom. The fourth-order valence-electron chi connectivity index (χ4n) is 1.71. The maximum Gasteiger partial charge on any atom is 0.0599 e. The molecule has 0 amide bonds. The lowest BCUT2D eigenvalue weighted by Gasteiger charge is -2.27. The molecule has 0 unspecified atom stereocenters. The molecular formula is C12H31N3Si. The minimum atomic E-state index is -0.930. The van der Waals surface area contributed by atoms with Crippen molar-refractivity contribution in [1.29, 1.82) is 0 Å². The maximum atomic E-state index is 2.48. The van der Waals surface area contributed by atoms with Crippen molar-refractivity contribution in [1.82, 2.24) is 14.7 Å². The van der Waals surface area contributed by atoms with E-state index in [2.05, 4.69) is 62.5 Å². The zero-order valence-electron chi connectivity index (χ0n) is 12.4. The Labute approximate surface area is 103 Å². The maximum absolute atomic E-state index is 2.48. The van der Waals surface area contributed by atoms with E-state index < -0.39 is 8.07 Å².